The number of hydrogen-bond donors (Lipinski definition) is 2. The molecular weight excluding hydrogens is 230 g/mol. The van der Waals surface area contributed by atoms with Gasteiger partial charge in [-0.1, -0.05) is 0 Å². The summed E-state index contributed by atoms with van der Waals surface area (Å²) in [6.07, 6.45) is 3.93. The monoisotopic (exact) mass is 255 g/mol. The maximum atomic E-state index is 11.4. The first-order valence-corrected chi connectivity index (χ1v) is 7.15. The largest absolute Gasteiger partial charge is 0.379 e. The third-order valence-electron chi connectivity index (χ3n) is 3.41. The van der Waals surface area contributed by atoms with Gasteiger partial charge in [-0.15, -0.1) is 0 Å². The summed E-state index contributed by atoms with van der Waals surface area (Å²) in [7, 11) is 0. The van der Waals surface area contributed by atoms with Crippen molar-refractivity contribution in [1.82, 2.24) is 15.5 Å². The van der Waals surface area contributed by atoms with Crippen molar-refractivity contribution in [3.05, 3.63) is 0 Å². The molecule has 0 bridgehead atoms. The summed E-state index contributed by atoms with van der Waals surface area (Å²) in [5, 5.41) is 6.40. The van der Waals surface area contributed by atoms with Crippen LogP contribution in [-0.4, -0.2) is 62.8 Å². The predicted molar refractivity (Wildman–Crippen MR) is 70.5 cm³/mol. The highest BCUT2D eigenvalue weighted by molar-refractivity contribution is 5.76. The van der Waals surface area contributed by atoms with Gasteiger partial charge in [-0.05, 0) is 25.8 Å². The first-order valence-electron chi connectivity index (χ1n) is 7.15. The van der Waals surface area contributed by atoms with E-state index < -0.39 is 0 Å². The number of nitrogens with zero attached hydrogens (tertiary/aromatic N) is 1. The maximum Gasteiger partial charge on any atom is 0.220 e. The first-order chi connectivity index (χ1) is 8.84. The Morgan fingerprint density at radius 3 is 2.72 bits per heavy atom. The molecule has 2 aliphatic rings. The SMILES string of the molecule is O=C(CCCNCCN1CCOCC1)NC1CC1. The zero-order valence-electron chi connectivity index (χ0n) is 11.1. The Bertz CT molecular complexity index is 251. The molecular formula is C13H25N3O2. The Labute approximate surface area is 109 Å². The van der Waals surface area contributed by atoms with Gasteiger partial charge in [-0.3, -0.25) is 9.69 Å². The van der Waals surface area contributed by atoms with Crippen LogP contribution in [0, 0.1) is 0 Å². The van der Waals surface area contributed by atoms with Gasteiger partial charge in [0.25, 0.3) is 0 Å². The Morgan fingerprint density at radius 2 is 2.00 bits per heavy atom. The van der Waals surface area contributed by atoms with Gasteiger partial charge in [0.15, 0.2) is 0 Å². The second kappa shape index (κ2) is 7.71. The van der Waals surface area contributed by atoms with Crippen LogP contribution in [-0.2, 0) is 9.53 Å². The lowest BCUT2D eigenvalue weighted by molar-refractivity contribution is -0.121. The maximum absolute atomic E-state index is 11.4. The van der Waals surface area contributed by atoms with Crippen LogP contribution in [0.3, 0.4) is 0 Å². The molecule has 2 N–H and O–H groups in total. The van der Waals surface area contributed by atoms with Crippen LogP contribution >= 0.6 is 0 Å². The van der Waals surface area contributed by atoms with Crippen LogP contribution in [0.4, 0.5) is 0 Å². The summed E-state index contributed by atoms with van der Waals surface area (Å²) in [6.45, 7) is 6.84. The summed E-state index contributed by atoms with van der Waals surface area (Å²) in [5.74, 6) is 0.215. The fraction of sp³-hybridized carbons (Fsp3) is 0.923. The smallest absolute Gasteiger partial charge is 0.220 e. The van der Waals surface area contributed by atoms with Crippen LogP contribution in [0.25, 0.3) is 0 Å². The minimum absolute atomic E-state index is 0.215. The van der Waals surface area contributed by atoms with Crippen molar-refractivity contribution >= 4 is 5.91 Å². The molecule has 0 unspecified atom stereocenters. The molecule has 1 saturated carbocycles. The highest BCUT2D eigenvalue weighted by Crippen LogP contribution is 2.18. The number of carbonyl (C=O) groups excluding carboxylic acids is 1. The molecule has 1 aliphatic heterocycles. The van der Waals surface area contributed by atoms with Gasteiger partial charge < -0.3 is 15.4 Å². The van der Waals surface area contributed by atoms with Gasteiger partial charge in [0.05, 0.1) is 13.2 Å². The molecule has 5 nitrogen and oxygen atoms in total. The second-order valence-corrected chi connectivity index (χ2v) is 5.15. The van der Waals surface area contributed by atoms with Crippen LogP contribution in [0.2, 0.25) is 0 Å². The Morgan fingerprint density at radius 1 is 1.22 bits per heavy atom. The molecule has 0 aromatic heterocycles. The molecule has 0 atom stereocenters. The van der Waals surface area contributed by atoms with Crippen molar-refractivity contribution < 1.29 is 9.53 Å². The molecule has 0 aromatic carbocycles. The lowest BCUT2D eigenvalue weighted by Gasteiger charge is -2.26. The van der Waals surface area contributed by atoms with E-state index in [1.807, 2.05) is 0 Å². The summed E-state index contributed by atoms with van der Waals surface area (Å²) >= 11 is 0. The lowest BCUT2D eigenvalue weighted by atomic mass is 10.3. The number of morpholine rings is 1. The molecule has 0 spiro atoms. The number of hydrogen-bond acceptors (Lipinski definition) is 4. The van der Waals surface area contributed by atoms with E-state index in [1.165, 1.54) is 12.8 Å². The van der Waals surface area contributed by atoms with E-state index in [4.69, 9.17) is 4.74 Å². The minimum Gasteiger partial charge on any atom is -0.379 e. The molecule has 0 radical (unpaired) electrons. The van der Waals surface area contributed by atoms with Gasteiger partial charge in [0, 0.05) is 38.6 Å². The zero-order chi connectivity index (χ0) is 12.6. The molecule has 18 heavy (non-hydrogen) atoms. The topological polar surface area (TPSA) is 53.6 Å². The average molecular weight is 255 g/mol. The summed E-state index contributed by atoms with van der Waals surface area (Å²) in [6, 6.07) is 0.492. The standard InChI is InChI=1S/C13H25N3O2/c17-13(15-12-3-4-12)2-1-5-14-6-7-16-8-10-18-11-9-16/h12,14H,1-11H2,(H,15,17). The highest BCUT2D eigenvalue weighted by Gasteiger charge is 2.22. The van der Waals surface area contributed by atoms with Crippen molar-refractivity contribution in [2.45, 2.75) is 31.7 Å². The summed E-state index contributed by atoms with van der Waals surface area (Å²) in [4.78, 5) is 13.8. The van der Waals surface area contributed by atoms with Crippen LogP contribution in [0.1, 0.15) is 25.7 Å². The molecule has 1 amide bonds. The predicted octanol–water partition coefficient (Wildman–Crippen LogP) is -0.0330. The third kappa shape index (κ3) is 5.80. The lowest BCUT2D eigenvalue weighted by Crippen LogP contribution is -2.40. The molecule has 1 saturated heterocycles. The average Bonchev–Trinajstić information content (AvgIpc) is 3.19. The summed E-state index contributed by atoms with van der Waals surface area (Å²) in [5.41, 5.74) is 0. The van der Waals surface area contributed by atoms with E-state index in [0.29, 0.717) is 12.5 Å². The van der Waals surface area contributed by atoms with Gasteiger partial charge >= 0.3 is 0 Å². The van der Waals surface area contributed by atoms with Crippen LogP contribution in [0.15, 0.2) is 0 Å². The fourth-order valence-electron chi connectivity index (χ4n) is 2.09. The van der Waals surface area contributed by atoms with Crippen LogP contribution in [0.5, 0.6) is 0 Å². The molecule has 2 fully saturated rings. The number of rotatable bonds is 8. The Hall–Kier alpha value is -0.650. The summed E-state index contributed by atoms with van der Waals surface area (Å²) < 4.78 is 5.30. The number of nitrogens with one attached hydrogen (secondary N) is 2. The number of amides is 1. The van der Waals surface area contributed by atoms with E-state index in [1.54, 1.807) is 0 Å². The highest BCUT2D eigenvalue weighted by atomic mass is 16.5. The first kappa shape index (κ1) is 13.8. The molecule has 1 aliphatic carbocycles. The van der Waals surface area contributed by atoms with Crippen molar-refractivity contribution in [1.29, 1.82) is 0 Å². The Balaban J connectivity index is 1.37. The van der Waals surface area contributed by atoms with Crippen molar-refractivity contribution in [2.75, 3.05) is 45.9 Å². The van der Waals surface area contributed by atoms with E-state index in [2.05, 4.69) is 15.5 Å². The zero-order valence-corrected chi connectivity index (χ0v) is 11.1. The molecule has 0 aromatic rings. The number of ether oxygens (including phenoxy) is 1. The van der Waals surface area contributed by atoms with E-state index in [-0.39, 0.29) is 5.91 Å². The van der Waals surface area contributed by atoms with Crippen molar-refractivity contribution in [2.24, 2.45) is 0 Å². The van der Waals surface area contributed by atoms with E-state index in [0.717, 1.165) is 52.4 Å². The molecule has 2 rings (SSSR count). The van der Waals surface area contributed by atoms with Gasteiger partial charge in [0.2, 0.25) is 5.91 Å². The normalized spacial score (nSPS) is 20.9. The van der Waals surface area contributed by atoms with Gasteiger partial charge in [-0.2, -0.15) is 0 Å². The van der Waals surface area contributed by atoms with E-state index in [9.17, 15) is 4.79 Å². The minimum atomic E-state index is 0.215. The van der Waals surface area contributed by atoms with Crippen LogP contribution < -0.4 is 10.6 Å². The van der Waals surface area contributed by atoms with E-state index >= 15 is 0 Å². The fourth-order valence-corrected chi connectivity index (χ4v) is 2.09. The van der Waals surface area contributed by atoms with Gasteiger partial charge in [-0.25, -0.2) is 0 Å². The molecule has 1 heterocycles. The van der Waals surface area contributed by atoms with Crippen molar-refractivity contribution in [3.8, 4) is 0 Å². The quantitative estimate of drug-likeness (QED) is 0.598. The number of carbonyl (C=O) groups is 1. The van der Waals surface area contributed by atoms with Gasteiger partial charge in [0.1, 0.15) is 0 Å². The second-order valence-electron chi connectivity index (χ2n) is 5.15. The van der Waals surface area contributed by atoms with Crippen molar-refractivity contribution in [3.63, 3.8) is 0 Å². The third-order valence-corrected chi connectivity index (χ3v) is 3.41. The Kier molecular flexibility index (Phi) is 5.90. The molecule has 104 valence electrons. The molecule has 5 heteroatoms.